The summed E-state index contributed by atoms with van der Waals surface area (Å²) in [7, 11) is 0. The van der Waals surface area contributed by atoms with Crippen molar-refractivity contribution in [1.82, 2.24) is 0 Å². The fourth-order valence-electron chi connectivity index (χ4n) is 0.770. The van der Waals surface area contributed by atoms with Gasteiger partial charge in [0.15, 0.2) is 0 Å². The molecule has 0 saturated heterocycles. The molecule has 0 atom stereocenters. The Balaban J connectivity index is -0.0000000300. The molecule has 2 aromatic carbocycles. The van der Waals surface area contributed by atoms with Crippen molar-refractivity contribution in [2.45, 2.75) is 7.43 Å². The molecule has 0 N–H and O–H groups in total. The Morgan fingerprint density at radius 1 is 0.222 bits per heavy atom. The lowest BCUT2D eigenvalue weighted by Crippen LogP contribution is -1.47. The summed E-state index contributed by atoms with van der Waals surface area (Å²) < 4.78 is 0. The van der Waals surface area contributed by atoms with E-state index in [0.29, 0.717) is 0 Å². The molecular formula is C13H21Br5. The van der Waals surface area contributed by atoms with Crippen LogP contribution in [0.15, 0.2) is 72.8 Å². The summed E-state index contributed by atoms with van der Waals surface area (Å²) in [5, 5.41) is 0. The number of rotatable bonds is 0. The van der Waals surface area contributed by atoms with Gasteiger partial charge < -0.3 is 0 Å². The topological polar surface area (TPSA) is 0 Å². The molecule has 0 fully saturated rings. The van der Waals surface area contributed by atoms with Crippen molar-refractivity contribution in [3.05, 3.63) is 72.8 Å². The average molecular weight is 577 g/mol. The van der Waals surface area contributed by atoms with E-state index in [1.165, 1.54) is 0 Å². The van der Waals surface area contributed by atoms with E-state index in [2.05, 4.69) is 0 Å². The smallest absolute Gasteiger partial charge is 0.0623 e. The van der Waals surface area contributed by atoms with Gasteiger partial charge in [0.2, 0.25) is 0 Å². The molecule has 18 heavy (non-hydrogen) atoms. The van der Waals surface area contributed by atoms with Crippen molar-refractivity contribution in [3.63, 3.8) is 0 Å². The summed E-state index contributed by atoms with van der Waals surface area (Å²) in [4.78, 5) is 0. The summed E-state index contributed by atoms with van der Waals surface area (Å²) in [6.45, 7) is 0. The molecule has 0 aliphatic carbocycles. The normalized spacial score (nSPS) is 5.33. The van der Waals surface area contributed by atoms with E-state index in [1.54, 1.807) is 0 Å². The van der Waals surface area contributed by atoms with Gasteiger partial charge >= 0.3 is 0 Å². The van der Waals surface area contributed by atoms with Gasteiger partial charge in [-0.3, -0.25) is 0 Å². The molecule has 0 heterocycles. The summed E-state index contributed by atoms with van der Waals surface area (Å²) >= 11 is 0. The van der Waals surface area contributed by atoms with Crippen LogP contribution in [-0.4, -0.2) is 0 Å². The standard InChI is InChI=1S/2C6H6.CH4.5BrH/c2*1-2-4-6-5-3-1;;;;;;/h2*1-6H;1H4;5*1H. The third kappa shape index (κ3) is 25.6. The highest BCUT2D eigenvalue weighted by atomic mass is 79.9. The van der Waals surface area contributed by atoms with Gasteiger partial charge in [0.05, 0.1) is 0 Å². The number of hydrogen-bond donors (Lipinski definition) is 0. The third-order valence-electron chi connectivity index (χ3n) is 1.33. The average Bonchev–Trinajstić information content (AvgIpc) is 2.24. The first kappa shape index (κ1) is 36.4. The van der Waals surface area contributed by atoms with E-state index in [9.17, 15) is 0 Å². The molecule has 108 valence electrons. The molecule has 0 amide bonds. The maximum absolute atomic E-state index is 2.00. The zero-order chi connectivity index (χ0) is 8.49. The summed E-state index contributed by atoms with van der Waals surface area (Å²) in [6, 6.07) is 24.0. The monoisotopic (exact) mass is 572 g/mol. The van der Waals surface area contributed by atoms with Crippen LogP contribution in [0.1, 0.15) is 7.43 Å². The lowest BCUT2D eigenvalue weighted by Gasteiger charge is -1.69. The zero-order valence-corrected chi connectivity index (χ0v) is 17.5. The van der Waals surface area contributed by atoms with Crippen molar-refractivity contribution >= 4 is 84.9 Å². The van der Waals surface area contributed by atoms with Crippen LogP contribution in [0, 0.1) is 0 Å². The van der Waals surface area contributed by atoms with Gasteiger partial charge in [0.25, 0.3) is 0 Å². The summed E-state index contributed by atoms with van der Waals surface area (Å²) in [6.07, 6.45) is 0. The highest BCUT2D eigenvalue weighted by molar-refractivity contribution is 8.93. The van der Waals surface area contributed by atoms with Crippen LogP contribution in [0.2, 0.25) is 0 Å². The molecule has 2 rings (SSSR count). The lowest BCUT2D eigenvalue weighted by atomic mass is 10.4. The van der Waals surface area contributed by atoms with Gasteiger partial charge in [-0.1, -0.05) is 80.2 Å². The molecule has 0 spiro atoms. The zero-order valence-electron chi connectivity index (χ0n) is 8.97. The fraction of sp³-hybridized carbons (Fsp3) is 0.0769. The van der Waals surface area contributed by atoms with Crippen LogP contribution in [-0.2, 0) is 0 Å². The Hall–Kier alpha value is 0.840. The second-order valence-corrected chi connectivity index (χ2v) is 2.31. The highest BCUT2D eigenvalue weighted by Crippen LogP contribution is 1.80. The van der Waals surface area contributed by atoms with Gasteiger partial charge in [-0.05, 0) is 0 Å². The Morgan fingerprint density at radius 2 is 0.278 bits per heavy atom. The Kier molecular flexibility index (Phi) is 62.0. The van der Waals surface area contributed by atoms with E-state index >= 15 is 0 Å². The quantitative estimate of drug-likeness (QED) is 0.320. The molecule has 0 radical (unpaired) electrons. The number of halogens is 5. The van der Waals surface area contributed by atoms with E-state index in [4.69, 9.17) is 0 Å². The molecular weight excluding hydrogens is 556 g/mol. The van der Waals surface area contributed by atoms with Crippen LogP contribution in [0.5, 0.6) is 0 Å². The molecule has 2 aromatic rings. The van der Waals surface area contributed by atoms with Crippen LogP contribution < -0.4 is 0 Å². The Bertz CT molecular complexity index is 191. The number of benzene rings is 2. The van der Waals surface area contributed by atoms with Crippen molar-refractivity contribution in [2.24, 2.45) is 0 Å². The molecule has 5 heteroatoms. The minimum Gasteiger partial charge on any atom is -0.114 e. The van der Waals surface area contributed by atoms with Crippen molar-refractivity contribution in [3.8, 4) is 0 Å². The largest absolute Gasteiger partial charge is 0.114 e. The van der Waals surface area contributed by atoms with Crippen LogP contribution in [0.4, 0.5) is 0 Å². The van der Waals surface area contributed by atoms with Crippen LogP contribution in [0.3, 0.4) is 0 Å². The first-order chi connectivity index (χ1) is 6.00. The van der Waals surface area contributed by atoms with E-state index in [1.807, 2.05) is 72.8 Å². The van der Waals surface area contributed by atoms with Crippen LogP contribution in [0.25, 0.3) is 0 Å². The molecule has 0 aliphatic rings. The molecule has 0 aromatic heterocycles. The third-order valence-corrected chi connectivity index (χ3v) is 1.33. The van der Waals surface area contributed by atoms with Gasteiger partial charge in [-0.15, -0.1) is 84.9 Å². The minimum absolute atomic E-state index is 0. The summed E-state index contributed by atoms with van der Waals surface area (Å²) in [5.74, 6) is 0. The Labute approximate surface area is 163 Å². The van der Waals surface area contributed by atoms with E-state index in [0.717, 1.165) is 0 Å². The summed E-state index contributed by atoms with van der Waals surface area (Å²) in [5.41, 5.74) is 0. The first-order valence-corrected chi connectivity index (χ1v) is 4.00. The van der Waals surface area contributed by atoms with Gasteiger partial charge in [0.1, 0.15) is 0 Å². The molecule has 0 unspecified atom stereocenters. The van der Waals surface area contributed by atoms with Crippen molar-refractivity contribution < 1.29 is 0 Å². The van der Waals surface area contributed by atoms with Gasteiger partial charge in [-0.2, -0.15) is 0 Å². The van der Waals surface area contributed by atoms with E-state index in [-0.39, 0.29) is 92.3 Å². The van der Waals surface area contributed by atoms with E-state index < -0.39 is 0 Å². The maximum atomic E-state index is 2.00. The predicted molar refractivity (Wildman–Crippen MR) is 111 cm³/mol. The van der Waals surface area contributed by atoms with Crippen LogP contribution >= 0.6 is 84.9 Å². The lowest BCUT2D eigenvalue weighted by molar-refractivity contribution is 1.72. The van der Waals surface area contributed by atoms with Gasteiger partial charge in [-0.25, -0.2) is 0 Å². The molecule has 0 nitrogen and oxygen atoms in total. The van der Waals surface area contributed by atoms with Gasteiger partial charge in [0, 0.05) is 0 Å². The second-order valence-electron chi connectivity index (χ2n) is 2.31. The SMILES string of the molecule is Br.Br.Br.Br.Br.C.c1ccccc1.c1ccccc1. The van der Waals surface area contributed by atoms with Crippen molar-refractivity contribution in [2.75, 3.05) is 0 Å². The molecule has 0 aliphatic heterocycles. The molecule has 0 saturated carbocycles. The predicted octanol–water partition coefficient (Wildman–Crippen LogP) is 6.90. The highest BCUT2D eigenvalue weighted by Gasteiger charge is 1.58. The maximum Gasteiger partial charge on any atom is -0.0623 e. The second kappa shape index (κ2) is 30.7. The minimum atomic E-state index is 0. The van der Waals surface area contributed by atoms with Crippen molar-refractivity contribution in [1.29, 1.82) is 0 Å². The molecule has 0 bridgehead atoms. The first-order valence-electron chi connectivity index (χ1n) is 4.00. The fourth-order valence-corrected chi connectivity index (χ4v) is 0.770. The number of hydrogen-bond acceptors (Lipinski definition) is 0. The Morgan fingerprint density at radius 3 is 0.333 bits per heavy atom.